The first-order valence-corrected chi connectivity index (χ1v) is 6.63. The average molecular weight is 241 g/mol. The van der Waals surface area contributed by atoms with E-state index in [1.165, 1.54) is 28.3 Å². The second-order valence-electron chi connectivity index (χ2n) is 5.00. The molecule has 1 aliphatic rings. The Labute approximate surface area is 108 Å². The van der Waals surface area contributed by atoms with Gasteiger partial charge >= 0.3 is 0 Å². The topological polar surface area (TPSA) is 35.2 Å². The second-order valence-corrected chi connectivity index (χ2v) is 5.00. The summed E-state index contributed by atoms with van der Waals surface area (Å²) in [5.74, 6) is 1.64. The van der Waals surface area contributed by atoms with Crippen LogP contribution in [-0.4, -0.2) is 13.7 Å². The molecule has 1 unspecified atom stereocenters. The lowest BCUT2D eigenvalue weighted by Gasteiger charge is -2.26. The summed E-state index contributed by atoms with van der Waals surface area (Å²) in [4.78, 5) is 0. The number of hydrogen-bond donors (Lipinski definition) is 1. The molecule has 2 aromatic carbocycles. The van der Waals surface area contributed by atoms with Crippen LogP contribution < -0.4 is 10.5 Å². The summed E-state index contributed by atoms with van der Waals surface area (Å²) in [7, 11) is 1.76. The smallest absolute Gasteiger partial charge is 0.122 e. The number of methoxy groups -OCH3 is 1. The summed E-state index contributed by atoms with van der Waals surface area (Å²) < 4.78 is 5.50. The third-order valence-electron chi connectivity index (χ3n) is 4.06. The number of hydrogen-bond acceptors (Lipinski definition) is 2. The van der Waals surface area contributed by atoms with Crippen molar-refractivity contribution in [1.29, 1.82) is 0 Å². The third kappa shape index (κ3) is 1.68. The molecule has 2 N–H and O–H groups in total. The van der Waals surface area contributed by atoms with E-state index in [0.29, 0.717) is 5.92 Å². The Morgan fingerprint density at radius 3 is 2.94 bits per heavy atom. The van der Waals surface area contributed by atoms with Gasteiger partial charge in [-0.1, -0.05) is 24.3 Å². The molecule has 94 valence electrons. The van der Waals surface area contributed by atoms with Gasteiger partial charge in [-0.25, -0.2) is 0 Å². The monoisotopic (exact) mass is 241 g/mol. The SMILES string of the molecule is COc1ccc2cccc3c2c1CCC3CCN. The average Bonchev–Trinajstić information content (AvgIpc) is 2.42. The number of nitrogens with two attached hydrogens (primary N) is 1. The normalized spacial score (nSPS) is 18.0. The van der Waals surface area contributed by atoms with E-state index in [2.05, 4.69) is 30.3 Å². The zero-order valence-electron chi connectivity index (χ0n) is 10.8. The van der Waals surface area contributed by atoms with E-state index in [9.17, 15) is 0 Å². The highest BCUT2D eigenvalue weighted by Crippen LogP contribution is 2.41. The van der Waals surface area contributed by atoms with Crippen LogP contribution in [0.3, 0.4) is 0 Å². The van der Waals surface area contributed by atoms with E-state index < -0.39 is 0 Å². The van der Waals surface area contributed by atoms with Crippen molar-refractivity contribution < 1.29 is 4.74 Å². The van der Waals surface area contributed by atoms with Crippen LogP contribution in [0.2, 0.25) is 0 Å². The Morgan fingerprint density at radius 2 is 2.17 bits per heavy atom. The molecule has 2 heteroatoms. The standard InChI is InChI=1S/C16H19NO/c1-18-15-8-6-12-3-2-4-13-11(9-10-17)5-7-14(15)16(12)13/h2-4,6,8,11H,5,7,9-10,17H2,1H3. The first-order valence-electron chi connectivity index (χ1n) is 6.63. The van der Waals surface area contributed by atoms with E-state index in [0.717, 1.165) is 25.1 Å². The van der Waals surface area contributed by atoms with Crippen molar-refractivity contribution in [2.75, 3.05) is 13.7 Å². The fraction of sp³-hybridized carbons (Fsp3) is 0.375. The van der Waals surface area contributed by atoms with Crippen molar-refractivity contribution in [2.24, 2.45) is 5.73 Å². The first kappa shape index (κ1) is 11.5. The molecule has 0 saturated carbocycles. The molecule has 0 spiro atoms. The van der Waals surface area contributed by atoms with E-state index in [-0.39, 0.29) is 0 Å². The number of aryl methyl sites for hydroxylation is 1. The Morgan fingerprint density at radius 1 is 1.28 bits per heavy atom. The lowest BCUT2D eigenvalue weighted by Crippen LogP contribution is -2.13. The van der Waals surface area contributed by atoms with Gasteiger partial charge in [0.2, 0.25) is 0 Å². The molecule has 0 amide bonds. The molecule has 0 saturated heterocycles. The zero-order valence-corrected chi connectivity index (χ0v) is 10.8. The molecular formula is C16H19NO. The van der Waals surface area contributed by atoms with E-state index in [4.69, 9.17) is 10.5 Å². The van der Waals surface area contributed by atoms with Gasteiger partial charge in [0, 0.05) is 5.56 Å². The Kier molecular flexibility index (Phi) is 2.96. The van der Waals surface area contributed by atoms with Crippen molar-refractivity contribution in [3.05, 3.63) is 41.5 Å². The molecule has 2 nitrogen and oxygen atoms in total. The molecule has 0 fully saturated rings. The lowest BCUT2D eigenvalue weighted by atomic mass is 9.79. The molecule has 0 heterocycles. The highest BCUT2D eigenvalue weighted by Gasteiger charge is 2.23. The number of rotatable bonds is 3. The molecule has 18 heavy (non-hydrogen) atoms. The molecule has 0 aromatic heterocycles. The predicted molar refractivity (Wildman–Crippen MR) is 75.2 cm³/mol. The van der Waals surface area contributed by atoms with Gasteiger partial charge in [-0.05, 0) is 54.1 Å². The van der Waals surface area contributed by atoms with Crippen LogP contribution in [0.5, 0.6) is 5.75 Å². The Hall–Kier alpha value is -1.54. The van der Waals surface area contributed by atoms with Crippen LogP contribution in [0.15, 0.2) is 30.3 Å². The van der Waals surface area contributed by atoms with Crippen LogP contribution in [0.4, 0.5) is 0 Å². The Balaban J connectivity index is 2.25. The summed E-state index contributed by atoms with van der Waals surface area (Å²) in [5, 5.41) is 2.73. The van der Waals surface area contributed by atoms with Gasteiger partial charge in [0.25, 0.3) is 0 Å². The minimum atomic E-state index is 0.610. The van der Waals surface area contributed by atoms with Gasteiger partial charge in [-0.2, -0.15) is 0 Å². The highest BCUT2D eigenvalue weighted by molar-refractivity contribution is 5.92. The van der Waals surface area contributed by atoms with Crippen molar-refractivity contribution in [1.82, 2.24) is 0 Å². The van der Waals surface area contributed by atoms with Crippen molar-refractivity contribution in [3.8, 4) is 5.75 Å². The quantitative estimate of drug-likeness (QED) is 0.895. The van der Waals surface area contributed by atoms with Gasteiger partial charge in [0.1, 0.15) is 5.75 Å². The first-order chi connectivity index (χ1) is 8.85. The lowest BCUT2D eigenvalue weighted by molar-refractivity contribution is 0.408. The van der Waals surface area contributed by atoms with Crippen LogP contribution >= 0.6 is 0 Å². The summed E-state index contributed by atoms with van der Waals surface area (Å²) >= 11 is 0. The van der Waals surface area contributed by atoms with Crippen molar-refractivity contribution in [3.63, 3.8) is 0 Å². The Bertz CT molecular complexity index is 577. The van der Waals surface area contributed by atoms with Crippen LogP contribution in [0.25, 0.3) is 10.8 Å². The molecule has 1 aliphatic carbocycles. The fourth-order valence-corrected chi connectivity index (χ4v) is 3.22. The molecule has 1 atom stereocenters. The minimum absolute atomic E-state index is 0.610. The predicted octanol–water partition coefficient (Wildman–Crippen LogP) is 3.23. The maximum atomic E-state index is 5.74. The summed E-state index contributed by atoms with van der Waals surface area (Å²) in [6, 6.07) is 10.8. The molecule has 3 rings (SSSR count). The molecule has 0 radical (unpaired) electrons. The van der Waals surface area contributed by atoms with Gasteiger partial charge in [0.05, 0.1) is 7.11 Å². The van der Waals surface area contributed by atoms with Gasteiger partial charge in [0.15, 0.2) is 0 Å². The van der Waals surface area contributed by atoms with Crippen molar-refractivity contribution in [2.45, 2.75) is 25.2 Å². The fourth-order valence-electron chi connectivity index (χ4n) is 3.22. The minimum Gasteiger partial charge on any atom is -0.496 e. The van der Waals surface area contributed by atoms with E-state index in [1.807, 2.05) is 0 Å². The van der Waals surface area contributed by atoms with Crippen LogP contribution in [-0.2, 0) is 6.42 Å². The summed E-state index contributed by atoms with van der Waals surface area (Å²) in [6.07, 6.45) is 3.36. The zero-order chi connectivity index (χ0) is 12.5. The second kappa shape index (κ2) is 4.62. The molecular weight excluding hydrogens is 222 g/mol. The van der Waals surface area contributed by atoms with Gasteiger partial charge < -0.3 is 10.5 Å². The molecule has 2 aromatic rings. The largest absolute Gasteiger partial charge is 0.496 e. The molecule has 0 aliphatic heterocycles. The summed E-state index contributed by atoms with van der Waals surface area (Å²) in [5.41, 5.74) is 8.57. The van der Waals surface area contributed by atoms with Crippen molar-refractivity contribution >= 4 is 10.8 Å². The van der Waals surface area contributed by atoms with E-state index >= 15 is 0 Å². The third-order valence-corrected chi connectivity index (χ3v) is 4.06. The van der Waals surface area contributed by atoms with Gasteiger partial charge in [-0.3, -0.25) is 0 Å². The van der Waals surface area contributed by atoms with Gasteiger partial charge in [-0.15, -0.1) is 0 Å². The van der Waals surface area contributed by atoms with Crippen LogP contribution in [0.1, 0.15) is 29.9 Å². The maximum absolute atomic E-state index is 5.74. The number of benzene rings is 2. The maximum Gasteiger partial charge on any atom is 0.122 e. The summed E-state index contributed by atoms with van der Waals surface area (Å²) in [6.45, 7) is 0.764. The number of ether oxygens (including phenoxy) is 1. The van der Waals surface area contributed by atoms with Crippen LogP contribution in [0, 0.1) is 0 Å². The highest BCUT2D eigenvalue weighted by atomic mass is 16.5. The van der Waals surface area contributed by atoms with E-state index in [1.54, 1.807) is 7.11 Å². The molecule has 0 bridgehead atoms.